The Labute approximate surface area is 165 Å². The predicted molar refractivity (Wildman–Crippen MR) is 109 cm³/mol. The van der Waals surface area contributed by atoms with Gasteiger partial charge in [-0.05, 0) is 37.4 Å². The van der Waals surface area contributed by atoms with Gasteiger partial charge in [-0.15, -0.1) is 0 Å². The van der Waals surface area contributed by atoms with E-state index in [0.717, 1.165) is 23.4 Å². The number of aromatic nitrogens is 3. The summed E-state index contributed by atoms with van der Waals surface area (Å²) in [5.74, 6) is 0. The van der Waals surface area contributed by atoms with E-state index in [1.807, 2.05) is 66.2 Å². The zero-order chi connectivity index (χ0) is 19.8. The predicted octanol–water partition coefficient (Wildman–Crippen LogP) is 2.54. The number of carbonyl (C=O) groups excluding carboxylic acids is 1. The van der Waals surface area contributed by atoms with Crippen LogP contribution < -0.4 is 5.32 Å². The second kappa shape index (κ2) is 9.66. The van der Waals surface area contributed by atoms with Gasteiger partial charge < -0.3 is 19.7 Å². The van der Waals surface area contributed by atoms with Crippen LogP contribution in [0.5, 0.6) is 0 Å². The summed E-state index contributed by atoms with van der Waals surface area (Å²) in [6, 6.07) is 11.8. The number of benzene rings is 1. The normalized spacial score (nSPS) is 10.8. The largest absolute Gasteiger partial charge is 0.334 e. The van der Waals surface area contributed by atoms with Gasteiger partial charge in [-0.1, -0.05) is 24.3 Å². The van der Waals surface area contributed by atoms with Crippen molar-refractivity contribution >= 4 is 6.03 Å². The van der Waals surface area contributed by atoms with Gasteiger partial charge in [0.1, 0.15) is 0 Å². The fourth-order valence-electron chi connectivity index (χ4n) is 2.88. The number of nitrogens with zero attached hydrogens (tertiary/aromatic N) is 5. The van der Waals surface area contributed by atoms with E-state index in [9.17, 15) is 4.79 Å². The minimum atomic E-state index is -0.0915. The number of imidazole rings is 1. The highest BCUT2D eigenvalue weighted by molar-refractivity contribution is 5.74. The van der Waals surface area contributed by atoms with Crippen molar-refractivity contribution in [2.75, 3.05) is 27.2 Å². The topological polar surface area (TPSA) is 66.3 Å². The summed E-state index contributed by atoms with van der Waals surface area (Å²) < 4.78 is 1.95. The van der Waals surface area contributed by atoms with E-state index < -0.39 is 0 Å². The van der Waals surface area contributed by atoms with Gasteiger partial charge >= 0.3 is 6.03 Å². The van der Waals surface area contributed by atoms with Gasteiger partial charge in [-0.3, -0.25) is 4.98 Å². The van der Waals surface area contributed by atoms with Crippen LogP contribution in [0.25, 0.3) is 5.69 Å². The molecule has 28 heavy (non-hydrogen) atoms. The number of hydrogen-bond donors (Lipinski definition) is 1. The Morgan fingerprint density at radius 3 is 2.64 bits per heavy atom. The number of carbonyl (C=O) groups is 1. The molecule has 0 saturated heterocycles. The SMILES string of the molecule is CN(C)CCN(Cc1cccnc1)C(=O)NCc1ccccc1-n1ccnc1. The molecule has 0 unspecified atom stereocenters. The summed E-state index contributed by atoms with van der Waals surface area (Å²) in [4.78, 5) is 25.0. The van der Waals surface area contributed by atoms with Gasteiger partial charge in [-0.25, -0.2) is 9.78 Å². The van der Waals surface area contributed by atoms with E-state index in [4.69, 9.17) is 0 Å². The number of pyridine rings is 1. The molecule has 3 aromatic rings. The number of amides is 2. The molecule has 0 bridgehead atoms. The number of urea groups is 1. The zero-order valence-electron chi connectivity index (χ0n) is 16.3. The molecule has 0 spiro atoms. The van der Waals surface area contributed by atoms with Gasteiger partial charge in [0.05, 0.1) is 12.0 Å². The van der Waals surface area contributed by atoms with Crippen molar-refractivity contribution < 1.29 is 4.79 Å². The van der Waals surface area contributed by atoms with Crippen molar-refractivity contribution in [3.05, 3.63) is 78.6 Å². The summed E-state index contributed by atoms with van der Waals surface area (Å²) >= 11 is 0. The fraction of sp³-hybridized carbons (Fsp3) is 0.286. The van der Waals surface area contributed by atoms with Crippen LogP contribution in [0, 0.1) is 0 Å². The van der Waals surface area contributed by atoms with Crippen LogP contribution in [-0.4, -0.2) is 57.6 Å². The first-order valence-electron chi connectivity index (χ1n) is 9.26. The van der Waals surface area contributed by atoms with E-state index in [1.165, 1.54) is 0 Å². The molecule has 146 valence electrons. The third-order valence-electron chi connectivity index (χ3n) is 4.40. The summed E-state index contributed by atoms with van der Waals surface area (Å²) in [5, 5.41) is 3.06. The Morgan fingerprint density at radius 1 is 1.07 bits per heavy atom. The van der Waals surface area contributed by atoms with Gasteiger partial charge in [0, 0.05) is 51.0 Å². The van der Waals surface area contributed by atoms with Gasteiger partial charge in [0.2, 0.25) is 0 Å². The molecule has 0 fully saturated rings. The molecular weight excluding hydrogens is 352 g/mol. The van der Waals surface area contributed by atoms with E-state index in [0.29, 0.717) is 19.6 Å². The van der Waals surface area contributed by atoms with Crippen molar-refractivity contribution in [1.82, 2.24) is 29.7 Å². The molecule has 1 aromatic carbocycles. The monoisotopic (exact) mass is 378 g/mol. The Kier molecular flexibility index (Phi) is 6.75. The summed E-state index contributed by atoms with van der Waals surface area (Å²) in [6.45, 7) is 2.39. The van der Waals surface area contributed by atoms with Crippen molar-refractivity contribution in [2.45, 2.75) is 13.1 Å². The molecule has 7 nitrogen and oxygen atoms in total. The van der Waals surface area contributed by atoms with Crippen LogP contribution in [0.2, 0.25) is 0 Å². The van der Waals surface area contributed by atoms with Crippen LogP contribution in [0.1, 0.15) is 11.1 Å². The highest BCUT2D eigenvalue weighted by Gasteiger charge is 2.15. The molecule has 7 heteroatoms. The van der Waals surface area contributed by atoms with Crippen LogP contribution >= 0.6 is 0 Å². The van der Waals surface area contributed by atoms with Gasteiger partial charge in [-0.2, -0.15) is 0 Å². The first kappa shape index (κ1) is 19.6. The van der Waals surface area contributed by atoms with Gasteiger partial charge in [0.15, 0.2) is 0 Å². The molecule has 0 radical (unpaired) electrons. The first-order valence-corrected chi connectivity index (χ1v) is 9.26. The average Bonchev–Trinajstić information content (AvgIpc) is 3.25. The summed E-state index contributed by atoms with van der Waals surface area (Å²) in [5.41, 5.74) is 3.05. The van der Waals surface area contributed by atoms with Crippen LogP contribution in [0.15, 0.2) is 67.5 Å². The van der Waals surface area contributed by atoms with E-state index in [1.54, 1.807) is 24.9 Å². The van der Waals surface area contributed by atoms with E-state index >= 15 is 0 Å². The number of likely N-dealkylation sites (N-methyl/N-ethyl adjacent to an activating group) is 1. The fourth-order valence-corrected chi connectivity index (χ4v) is 2.88. The lowest BCUT2D eigenvalue weighted by Crippen LogP contribution is -2.42. The minimum Gasteiger partial charge on any atom is -0.334 e. The van der Waals surface area contributed by atoms with E-state index in [-0.39, 0.29) is 6.03 Å². The molecule has 0 aliphatic heterocycles. The second-order valence-corrected chi connectivity index (χ2v) is 6.84. The maximum atomic E-state index is 12.9. The third-order valence-corrected chi connectivity index (χ3v) is 4.40. The third kappa shape index (κ3) is 5.40. The molecule has 2 aromatic heterocycles. The molecule has 2 amide bonds. The van der Waals surface area contributed by atoms with Crippen molar-refractivity contribution in [2.24, 2.45) is 0 Å². The maximum absolute atomic E-state index is 12.9. The molecule has 3 rings (SSSR count). The Hall–Kier alpha value is -3.19. The molecule has 0 atom stereocenters. The molecule has 0 saturated carbocycles. The molecule has 1 N–H and O–H groups in total. The smallest absolute Gasteiger partial charge is 0.318 e. The van der Waals surface area contributed by atoms with Crippen LogP contribution in [-0.2, 0) is 13.1 Å². The molecule has 0 aliphatic carbocycles. The highest BCUT2D eigenvalue weighted by atomic mass is 16.2. The first-order chi connectivity index (χ1) is 13.6. The van der Waals surface area contributed by atoms with Crippen molar-refractivity contribution in [1.29, 1.82) is 0 Å². The van der Waals surface area contributed by atoms with Crippen LogP contribution in [0.3, 0.4) is 0 Å². The lowest BCUT2D eigenvalue weighted by atomic mass is 10.1. The lowest BCUT2D eigenvalue weighted by molar-refractivity contribution is 0.188. The minimum absolute atomic E-state index is 0.0915. The quantitative estimate of drug-likeness (QED) is 0.654. The molecular formula is C21H26N6O. The van der Waals surface area contributed by atoms with Gasteiger partial charge in [0.25, 0.3) is 0 Å². The number of hydrogen-bond acceptors (Lipinski definition) is 4. The zero-order valence-corrected chi connectivity index (χ0v) is 16.3. The van der Waals surface area contributed by atoms with Crippen LogP contribution in [0.4, 0.5) is 4.79 Å². The number of para-hydroxylation sites is 1. The number of nitrogens with one attached hydrogen (secondary N) is 1. The highest BCUT2D eigenvalue weighted by Crippen LogP contribution is 2.14. The Balaban J connectivity index is 1.68. The molecule has 0 aliphatic rings. The summed E-state index contributed by atoms with van der Waals surface area (Å²) in [6.07, 6.45) is 8.93. The average molecular weight is 378 g/mol. The van der Waals surface area contributed by atoms with Crippen molar-refractivity contribution in [3.8, 4) is 5.69 Å². The van der Waals surface area contributed by atoms with Crippen molar-refractivity contribution in [3.63, 3.8) is 0 Å². The Morgan fingerprint density at radius 2 is 1.93 bits per heavy atom. The summed E-state index contributed by atoms with van der Waals surface area (Å²) in [7, 11) is 4.00. The number of rotatable bonds is 8. The standard InChI is InChI=1S/C21H26N6O/c1-25(2)12-13-26(16-18-6-5-9-22-14-18)21(28)24-15-19-7-3-4-8-20(19)27-11-10-23-17-27/h3-11,14,17H,12-13,15-16H2,1-2H3,(H,24,28). The Bertz CT molecular complexity index is 864. The maximum Gasteiger partial charge on any atom is 0.318 e. The lowest BCUT2D eigenvalue weighted by Gasteiger charge is -2.25. The van der Waals surface area contributed by atoms with E-state index in [2.05, 4.69) is 20.2 Å². The second-order valence-electron chi connectivity index (χ2n) is 6.84. The molecule has 2 heterocycles.